The fraction of sp³-hybridized carbons (Fsp3) is 0.778. The molecule has 0 aromatic carbocycles. The van der Waals surface area contributed by atoms with Gasteiger partial charge in [-0.15, -0.1) is 0 Å². The highest BCUT2D eigenvalue weighted by molar-refractivity contribution is 5.82. The van der Waals surface area contributed by atoms with Crippen molar-refractivity contribution in [3.63, 3.8) is 0 Å². The molecule has 74 valence electrons. The molecule has 0 bridgehead atoms. The van der Waals surface area contributed by atoms with Gasteiger partial charge >= 0.3 is 0 Å². The molecule has 4 heteroatoms. The lowest BCUT2D eigenvalue weighted by Crippen LogP contribution is -2.48. The fourth-order valence-corrected chi connectivity index (χ4v) is 0.745. The molecule has 1 atom stereocenters. The van der Waals surface area contributed by atoms with Crippen molar-refractivity contribution >= 4 is 5.91 Å². The Morgan fingerprint density at radius 1 is 1.62 bits per heavy atom. The smallest absolute Gasteiger partial charge is 0.237 e. The van der Waals surface area contributed by atoms with Gasteiger partial charge in [0.25, 0.3) is 0 Å². The third kappa shape index (κ3) is 4.48. The van der Waals surface area contributed by atoms with Gasteiger partial charge in [-0.05, 0) is 5.41 Å². The van der Waals surface area contributed by atoms with Gasteiger partial charge in [0.1, 0.15) is 0 Å². The Balaban J connectivity index is 3.92. The number of nitrogens with zero attached hydrogens (tertiary/aromatic N) is 1. The summed E-state index contributed by atoms with van der Waals surface area (Å²) < 4.78 is 0. The van der Waals surface area contributed by atoms with Gasteiger partial charge in [-0.25, -0.2) is 0 Å². The van der Waals surface area contributed by atoms with Crippen LogP contribution in [0.3, 0.4) is 0 Å². The number of nitrogens with one attached hydrogen (secondary N) is 1. The molecule has 4 nitrogen and oxygen atoms in total. The first kappa shape index (κ1) is 11.9. The van der Waals surface area contributed by atoms with Crippen LogP contribution in [0.5, 0.6) is 0 Å². The SMILES string of the molecule is CC(C)(C)[C@@H](N)C(=O)NCCC#N. The van der Waals surface area contributed by atoms with Crippen LogP contribution in [0, 0.1) is 16.7 Å². The molecule has 0 aliphatic rings. The largest absolute Gasteiger partial charge is 0.354 e. The standard InChI is InChI=1S/C9H17N3O/c1-9(2,3)7(11)8(13)12-6-4-5-10/h7H,4,6,11H2,1-3H3,(H,12,13)/t7-/m0/s1. The molecule has 0 radical (unpaired) electrons. The van der Waals surface area contributed by atoms with Gasteiger partial charge in [-0.3, -0.25) is 4.79 Å². The van der Waals surface area contributed by atoms with Crippen LogP contribution in [0.25, 0.3) is 0 Å². The van der Waals surface area contributed by atoms with E-state index in [1.165, 1.54) is 0 Å². The lowest BCUT2D eigenvalue weighted by atomic mass is 9.87. The average Bonchev–Trinajstić information content (AvgIpc) is 2.01. The monoisotopic (exact) mass is 183 g/mol. The summed E-state index contributed by atoms with van der Waals surface area (Å²) in [6.45, 7) is 6.09. The van der Waals surface area contributed by atoms with Crippen molar-refractivity contribution in [3.05, 3.63) is 0 Å². The number of hydrogen-bond donors (Lipinski definition) is 2. The molecule has 13 heavy (non-hydrogen) atoms. The number of carbonyl (C=O) groups excluding carboxylic acids is 1. The lowest BCUT2D eigenvalue weighted by molar-refractivity contribution is -0.124. The molecule has 0 rings (SSSR count). The van der Waals surface area contributed by atoms with E-state index in [1.54, 1.807) is 0 Å². The highest BCUT2D eigenvalue weighted by atomic mass is 16.2. The number of rotatable bonds is 3. The van der Waals surface area contributed by atoms with E-state index in [4.69, 9.17) is 11.0 Å². The van der Waals surface area contributed by atoms with Crippen LogP contribution < -0.4 is 11.1 Å². The van der Waals surface area contributed by atoms with Gasteiger partial charge in [0.15, 0.2) is 0 Å². The van der Waals surface area contributed by atoms with E-state index in [-0.39, 0.29) is 11.3 Å². The highest BCUT2D eigenvalue weighted by Crippen LogP contribution is 2.16. The van der Waals surface area contributed by atoms with Crippen LogP contribution in [0.15, 0.2) is 0 Å². The number of hydrogen-bond acceptors (Lipinski definition) is 3. The summed E-state index contributed by atoms with van der Waals surface area (Å²) in [5.41, 5.74) is 5.44. The summed E-state index contributed by atoms with van der Waals surface area (Å²) in [6.07, 6.45) is 0.322. The van der Waals surface area contributed by atoms with E-state index in [0.29, 0.717) is 13.0 Å². The van der Waals surface area contributed by atoms with E-state index >= 15 is 0 Å². The van der Waals surface area contributed by atoms with Gasteiger partial charge in [0.05, 0.1) is 18.5 Å². The molecule has 0 fully saturated rings. The molecular formula is C9H17N3O. The third-order valence-corrected chi connectivity index (χ3v) is 1.75. The zero-order valence-electron chi connectivity index (χ0n) is 8.42. The van der Waals surface area contributed by atoms with Crippen LogP contribution >= 0.6 is 0 Å². The Labute approximate surface area is 79.1 Å². The molecule has 0 saturated carbocycles. The molecule has 0 aromatic rings. The summed E-state index contributed by atoms with van der Waals surface area (Å²) in [5, 5.41) is 10.8. The van der Waals surface area contributed by atoms with Crippen molar-refractivity contribution in [1.82, 2.24) is 5.32 Å². The molecule has 1 amide bonds. The van der Waals surface area contributed by atoms with Gasteiger partial charge in [0, 0.05) is 6.54 Å². The summed E-state index contributed by atoms with van der Waals surface area (Å²) in [4.78, 5) is 11.3. The first-order chi connectivity index (χ1) is 5.89. The first-order valence-electron chi connectivity index (χ1n) is 4.30. The van der Waals surface area contributed by atoms with Crippen LogP contribution in [-0.4, -0.2) is 18.5 Å². The van der Waals surface area contributed by atoms with Gasteiger partial charge in [-0.2, -0.15) is 5.26 Å². The van der Waals surface area contributed by atoms with Crippen LogP contribution in [-0.2, 0) is 4.79 Å². The maximum absolute atomic E-state index is 11.3. The predicted octanol–water partition coefficient (Wildman–Crippen LogP) is 0.390. The Morgan fingerprint density at radius 3 is 2.54 bits per heavy atom. The molecule has 3 N–H and O–H groups in total. The molecule has 0 unspecified atom stereocenters. The molecule has 0 spiro atoms. The topological polar surface area (TPSA) is 78.9 Å². The Kier molecular flexibility index (Phi) is 4.43. The zero-order chi connectivity index (χ0) is 10.5. The van der Waals surface area contributed by atoms with Gasteiger partial charge in [0.2, 0.25) is 5.91 Å². The van der Waals surface area contributed by atoms with Crippen LogP contribution in [0.4, 0.5) is 0 Å². The fourth-order valence-electron chi connectivity index (χ4n) is 0.745. The van der Waals surface area contributed by atoms with Crippen molar-refractivity contribution in [1.29, 1.82) is 5.26 Å². The third-order valence-electron chi connectivity index (χ3n) is 1.75. The minimum absolute atomic E-state index is 0.192. The van der Waals surface area contributed by atoms with Crippen molar-refractivity contribution in [3.8, 4) is 6.07 Å². The lowest BCUT2D eigenvalue weighted by Gasteiger charge is -2.25. The minimum Gasteiger partial charge on any atom is -0.354 e. The van der Waals surface area contributed by atoms with E-state index in [1.807, 2.05) is 26.8 Å². The Hall–Kier alpha value is -1.08. The second-order valence-electron chi connectivity index (χ2n) is 4.04. The summed E-state index contributed by atoms with van der Waals surface area (Å²) >= 11 is 0. The van der Waals surface area contributed by atoms with Crippen LogP contribution in [0.2, 0.25) is 0 Å². The van der Waals surface area contributed by atoms with Crippen molar-refractivity contribution in [2.75, 3.05) is 6.54 Å². The van der Waals surface area contributed by atoms with Gasteiger partial charge < -0.3 is 11.1 Å². The molecule has 0 saturated heterocycles. The highest BCUT2D eigenvalue weighted by Gasteiger charge is 2.26. The second-order valence-corrected chi connectivity index (χ2v) is 4.04. The van der Waals surface area contributed by atoms with Crippen LogP contribution in [0.1, 0.15) is 27.2 Å². The molecule has 0 heterocycles. The molecule has 0 aliphatic carbocycles. The molecule has 0 aromatic heterocycles. The van der Waals surface area contributed by atoms with Crippen molar-refractivity contribution in [2.24, 2.45) is 11.1 Å². The normalized spacial score (nSPS) is 13.2. The maximum Gasteiger partial charge on any atom is 0.237 e. The molecule has 0 aliphatic heterocycles. The minimum atomic E-state index is -0.522. The van der Waals surface area contributed by atoms with E-state index in [2.05, 4.69) is 5.32 Å². The Bertz CT molecular complexity index is 212. The maximum atomic E-state index is 11.3. The van der Waals surface area contributed by atoms with E-state index in [9.17, 15) is 4.79 Å². The summed E-state index contributed by atoms with van der Waals surface area (Å²) in [7, 11) is 0. The van der Waals surface area contributed by atoms with Gasteiger partial charge in [-0.1, -0.05) is 20.8 Å². The second kappa shape index (κ2) is 4.83. The van der Waals surface area contributed by atoms with E-state index < -0.39 is 6.04 Å². The number of amides is 1. The number of nitrogens with two attached hydrogens (primary N) is 1. The predicted molar refractivity (Wildman–Crippen MR) is 50.7 cm³/mol. The first-order valence-corrected chi connectivity index (χ1v) is 4.30. The van der Waals surface area contributed by atoms with Crippen molar-refractivity contribution in [2.45, 2.75) is 33.2 Å². The Morgan fingerprint density at radius 2 is 2.15 bits per heavy atom. The number of nitriles is 1. The summed E-state index contributed by atoms with van der Waals surface area (Å²) in [6, 6.07) is 1.42. The molecular weight excluding hydrogens is 166 g/mol. The quantitative estimate of drug-likeness (QED) is 0.621. The van der Waals surface area contributed by atoms with Crippen molar-refractivity contribution < 1.29 is 4.79 Å². The number of carbonyl (C=O) groups is 1. The average molecular weight is 183 g/mol. The van der Waals surface area contributed by atoms with E-state index in [0.717, 1.165) is 0 Å². The summed E-state index contributed by atoms with van der Waals surface area (Å²) in [5.74, 6) is -0.192. The zero-order valence-corrected chi connectivity index (χ0v) is 8.42.